The first kappa shape index (κ1) is 20.8. The molecule has 1 fully saturated rings. The van der Waals surface area contributed by atoms with E-state index in [2.05, 4.69) is 22.1 Å². The Morgan fingerprint density at radius 1 is 1.12 bits per heavy atom. The third kappa shape index (κ3) is 4.56. The maximum Gasteiger partial charge on any atom is 0.261 e. The van der Waals surface area contributed by atoms with Gasteiger partial charge in [-0.1, -0.05) is 6.07 Å². The molecule has 1 unspecified atom stereocenters. The van der Waals surface area contributed by atoms with E-state index in [9.17, 15) is 4.79 Å². The molecule has 1 N–H and O–H groups in total. The number of carbonyl (C=O) groups is 1. The summed E-state index contributed by atoms with van der Waals surface area (Å²) < 4.78 is 16.8. The van der Waals surface area contributed by atoms with Gasteiger partial charge < -0.3 is 24.4 Å². The lowest BCUT2D eigenvalue weighted by atomic mass is 10.1. The Morgan fingerprint density at radius 2 is 2.00 bits per heavy atom. The van der Waals surface area contributed by atoms with Crippen molar-refractivity contribution in [2.24, 2.45) is 0 Å². The highest BCUT2D eigenvalue weighted by atomic mass is 32.1. The Morgan fingerprint density at radius 3 is 2.81 bits per heavy atom. The fourth-order valence-electron chi connectivity index (χ4n) is 3.82. The Hall–Kier alpha value is -3.10. The number of hydrogen-bond donors (Lipinski definition) is 1. The number of rotatable bonds is 5. The Kier molecular flexibility index (Phi) is 5.96. The minimum atomic E-state index is -0.0927. The molecule has 2 aromatic heterocycles. The number of thiophene rings is 1. The first-order valence-corrected chi connectivity index (χ1v) is 11.6. The molecule has 5 rings (SSSR count). The third-order valence-corrected chi connectivity index (χ3v) is 6.62. The second-order valence-electron chi connectivity index (χ2n) is 7.86. The average molecular weight is 452 g/mol. The molecule has 1 amide bonds. The zero-order valence-electron chi connectivity index (χ0n) is 17.9. The summed E-state index contributed by atoms with van der Waals surface area (Å²) in [5.74, 6) is 2.36. The molecule has 1 saturated heterocycles. The quantitative estimate of drug-likeness (QED) is 0.637. The van der Waals surface area contributed by atoms with Crippen LogP contribution in [0.1, 0.15) is 22.2 Å². The molecule has 1 aromatic carbocycles. The molecule has 32 heavy (non-hydrogen) atoms. The van der Waals surface area contributed by atoms with E-state index in [0.717, 1.165) is 53.0 Å². The number of nitrogens with one attached hydrogen (secondary N) is 1. The molecule has 1 atom stereocenters. The predicted molar refractivity (Wildman–Crippen MR) is 124 cm³/mol. The number of anilines is 1. The highest BCUT2D eigenvalue weighted by Crippen LogP contribution is 2.36. The van der Waals surface area contributed by atoms with Crippen molar-refractivity contribution in [1.82, 2.24) is 10.3 Å². The summed E-state index contributed by atoms with van der Waals surface area (Å²) in [6, 6.07) is 13.7. The highest BCUT2D eigenvalue weighted by Gasteiger charge is 2.18. The minimum absolute atomic E-state index is 0.0927. The van der Waals surface area contributed by atoms with Gasteiger partial charge >= 0.3 is 0 Å². The van der Waals surface area contributed by atoms with E-state index in [-0.39, 0.29) is 12.0 Å². The Balaban J connectivity index is 1.19. The average Bonchev–Trinajstić information content (AvgIpc) is 3.33. The summed E-state index contributed by atoms with van der Waals surface area (Å²) in [6.07, 6.45) is 2.03. The fraction of sp³-hybridized carbons (Fsp3) is 0.333. The molecule has 0 spiro atoms. The smallest absolute Gasteiger partial charge is 0.261 e. The zero-order valence-corrected chi connectivity index (χ0v) is 18.7. The summed E-state index contributed by atoms with van der Waals surface area (Å²) in [6.45, 7) is 6.03. The lowest BCUT2D eigenvalue weighted by Gasteiger charge is -2.32. The van der Waals surface area contributed by atoms with Gasteiger partial charge in [0, 0.05) is 30.7 Å². The molecule has 2 aliphatic rings. The summed E-state index contributed by atoms with van der Waals surface area (Å²) in [7, 11) is 0. The van der Waals surface area contributed by atoms with Crippen LogP contribution in [0.5, 0.6) is 11.5 Å². The van der Waals surface area contributed by atoms with Crippen molar-refractivity contribution < 1.29 is 19.0 Å². The number of nitrogens with zero attached hydrogens (tertiary/aromatic N) is 2. The van der Waals surface area contributed by atoms with Gasteiger partial charge in [-0.15, -0.1) is 11.3 Å². The van der Waals surface area contributed by atoms with Crippen LogP contribution in [0.25, 0.3) is 10.4 Å². The van der Waals surface area contributed by atoms with E-state index in [4.69, 9.17) is 14.2 Å². The van der Waals surface area contributed by atoms with Gasteiger partial charge in [0.2, 0.25) is 0 Å². The van der Waals surface area contributed by atoms with Crippen molar-refractivity contribution >= 4 is 23.1 Å². The summed E-state index contributed by atoms with van der Waals surface area (Å²) in [5, 5.41) is 2.99. The predicted octanol–water partition coefficient (Wildman–Crippen LogP) is 3.74. The number of aromatic nitrogens is 1. The van der Waals surface area contributed by atoms with Crippen molar-refractivity contribution in [3.8, 4) is 21.9 Å². The van der Waals surface area contributed by atoms with Crippen LogP contribution in [0.3, 0.4) is 0 Å². The molecule has 2 aliphatic heterocycles. The normalized spacial score (nSPS) is 17.8. The topological polar surface area (TPSA) is 72.9 Å². The molecule has 0 radical (unpaired) electrons. The number of benzene rings is 1. The number of fused-ring (bicyclic) bond motifs is 1. The van der Waals surface area contributed by atoms with E-state index in [0.29, 0.717) is 24.6 Å². The van der Waals surface area contributed by atoms with Gasteiger partial charge in [0.1, 0.15) is 19.0 Å². The van der Waals surface area contributed by atoms with Gasteiger partial charge in [-0.2, -0.15) is 0 Å². The second-order valence-corrected chi connectivity index (χ2v) is 8.94. The lowest BCUT2D eigenvalue weighted by Crippen LogP contribution is -2.41. The van der Waals surface area contributed by atoms with E-state index in [1.807, 2.05) is 48.7 Å². The first-order valence-electron chi connectivity index (χ1n) is 10.8. The minimum Gasteiger partial charge on any atom is -0.486 e. The van der Waals surface area contributed by atoms with Gasteiger partial charge in [0.05, 0.1) is 17.6 Å². The van der Waals surface area contributed by atoms with Crippen molar-refractivity contribution in [1.29, 1.82) is 0 Å². The number of morpholine rings is 1. The molecule has 166 valence electrons. The van der Waals surface area contributed by atoms with Crippen molar-refractivity contribution in [2.75, 3.05) is 37.8 Å². The molecular formula is C24H25N3O4S. The van der Waals surface area contributed by atoms with Gasteiger partial charge in [-0.25, -0.2) is 4.98 Å². The van der Waals surface area contributed by atoms with Gasteiger partial charge in [0.25, 0.3) is 5.91 Å². The van der Waals surface area contributed by atoms with Crippen LogP contribution in [0.2, 0.25) is 0 Å². The Labute approximate surface area is 190 Å². The molecule has 0 aliphatic carbocycles. The van der Waals surface area contributed by atoms with Crippen LogP contribution in [0.4, 0.5) is 5.82 Å². The van der Waals surface area contributed by atoms with Crippen molar-refractivity contribution in [2.45, 2.75) is 19.6 Å². The number of amides is 1. The first-order chi connectivity index (χ1) is 15.7. The Bertz CT molecular complexity index is 1100. The van der Waals surface area contributed by atoms with Gasteiger partial charge in [0.15, 0.2) is 11.5 Å². The standard InChI is InChI=1S/C24H25N3O4S/c1-16-15-27(8-9-29-16)23-7-2-17(13-25-23)14-26-24(28)22-6-5-21(32-22)18-3-4-19-20(12-18)31-11-10-30-19/h2-7,12-13,16H,8-11,14-15H2,1H3,(H,26,28). The molecule has 8 heteroatoms. The molecule has 0 saturated carbocycles. The summed E-state index contributed by atoms with van der Waals surface area (Å²) in [4.78, 5) is 21.1. The number of hydrogen-bond acceptors (Lipinski definition) is 7. The van der Waals surface area contributed by atoms with Crippen LogP contribution in [0, 0.1) is 0 Å². The molecule has 0 bridgehead atoms. The fourth-order valence-corrected chi connectivity index (χ4v) is 4.73. The second kappa shape index (κ2) is 9.18. The lowest BCUT2D eigenvalue weighted by molar-refractivity contribution is 0.0529. The molecule has 4 heterocycles. The number of ether oxygens (including phenoxy) is 3. The van der Waals surface area contributed by atoms with Crippen LogP contribution >= 0.6 is 11.3 Å². The van der Waals surface area contributed by atoms with E-state index in [1.54, 1.807) is 0 Å². The van der Waals surface area contributed by atoms with Gasteiger partial charge in [-0.3, -0.25) is 4.79 Å². The SMILES string of the molecule is CC1CN(c2ccc(CNC(=O)c3ccc(-c4ccc5c(c4)OCCO5)s3)cn2)CCO1. The van der Waals surface area contributed by atoms with Crippen LogP contribution in [-0.4, -0.2) is 49.9 Å². The van der Waals surface area contributed by atoms with E-state index < -0.39 is 0 Å². The zero-order chi connectivity index (χ0) is 21.9. The maximum absolute atomic E-state index is 12.7. The largest absolute Gasteiger partial charge is 0.486 e. The van der Waals surface area contributed by atoms with Crippen LogP contribution in [-0.2, 0) is 11.3 Å². The number of carbonyl (C=O) groups excluding carboxylic acids is 1. The monoisotopic (exact) mass is 451 g/mol. The maximum atomic E-state index is 12.7. The van der Waals surface area contributed by atoms with E-state index >= 15 is 0 Å². The molecule has 3 aromatic rings. The van der Waals surface area contributed by atoms with Crippen LogP contribution in [0.15, 0.2) is 48.7 Å². The van der Waals surface area contributed by atoms with Crippen molar-refractivity contribution in [3.05, 3.63) is 59.1 Å². The van der Waals surface area contributed by atoms with Gasteiger partial charge in [-0.05, 0) is 54.4 Å². The summed E-state index contributed by atoms with van der Waals surface area (Å²) in [5.41, 5.74) is 1.97. The van der Waals surface area contributed by atoms with E-state index in [1.165, 1.54) is 11.3 Å². The molecule has 7 nitrogen and oxygen atoms in total. The third-order valence-electron chi connectivity index (χ3n) is 5.48. The summed E-state index contributed by atoms with van der Waals surface area (Å²) >= 11 is 1.46. The highest BCUT2D eigenvalue weighted by molar-refractivity contribution is 7.17. The van der Waals surface area contributed by atoms with Crippen LogP contribution < -0.4 is 19.7 Å². The van der Waals surface area contributed by atoms with Crippen molar-refractivity contribution in [3.63, 3.8) is 0 Å². The molecular weight excluding hydrogens is 426 g/mol. The number of pyridine rings is 1.